The molecule has 0 saturated carbocycles. The third kappa shape index (κ3) is 5.12. The lowest BCUT2D eigenvalue weighted by molar-refractivity contribution is -0.640. The Hall–Kier alpha value is -1.88. The Morgan fingerprint density at radius 3 is 2.12 bits per heavy atom. The Bertz CT molecular complexity index is 387. The maximum atomic E-state index is 11.4. The molecule has 0 fully saturated rings. The topological polar surface area (TPSA) is 74.8 Å². The van der Waals surface area contributed by atoms with Crippen LogP contribution in [0.3, 0.4) is 0 Å². The molecule has 1 aromatic rings. The molecule has 1 aromatic carbocycles. The zero-order valence-electron chi connectivity index (χ0n) is 10.1. The number of quaternary nitrogens is 1. The van der Waals surface area contributed by atoms with Gasteiger partial charge in [-0.3, -0.25) is 9.59 Å². The largest absolute Gasteiger partial charge is 0.339 e. The van der Waals surface area contributed by atoms with Gasteiger partial charge in [-0.25, -0.2) is 0 Å². The number of rotatable bonds is 5. The molecule has 1 rings (SSSR count). The van der Waals surface area contributed by atoms with Gasteiger partial charge in [-0.1, -0.05) is 0 Å². The predicted octanol–water partition coefficient (Wildman–Crippen LogP) is 0.167. The number of nitrogens with one attached hydrogen (secondary N) is 2. The molecule has 0 aliphatic heterocycles. The van der Waals surface area contributed by atoms with Crippen LogP contribution in [0.2, 0.25) is 0 Å². The highest BCUT2D eigenvalue weighted by molar-refractivity contribution is 5.92. The lowest BCUT2D eigenvalue weighted by Gasteiger charge is -2.06. The molecule has 5 nitrogen and oxygen atoms in total. The first-order valence-corrected chi connectivity index (χ1v) is 5.61. The second kappa shape index (κ2) is 6.65. The van der Waals surface area contributed by atoms with Crippen molar-refractivity contribution in [1.29, 1.82) is 0 Å². The minimum absolute atomic E-state index is 0.0286. The highest BCUT2D eigenvalue weighted by atomic mass is 16.2. The monoisotopic (exact) mass is 236 g/mol. The van der Waals surface area contributed by atoms with Gasteiger partial charge in [0.15, 0.2) is 6.54 Å². The van der Waals surface area contributed by atoms with Gasteiger partial charge in [0, 0.05) is 18.3 Å². The van der Waals surface area contributed by atoms with Crippen molar-refractivity contribution in [2.24, 2.45) is 0 Å². The molecule has 0 heterocycles. The summed E-state index contributed by atoms with van der Waals surface area (Å²) in [6, 6.07) is 7.02. The fourth-order valence-electron chi connectivity index (χ4n) is 1.33. The third-order valence-electron chi connectivity index (χ3n) is 2.11. The van der Waals surface area contributed by atoms with E-state index < -0.39 is 0 Å². The molecule has 0 unspecified atom stereocenters. The van der Waals surface area contributed by atoms with Crippen LogP contribution in [0.4, 0.5) is 11.4 Å². The highest BCUT2D eigenvalue weighted by Gasteiger charge is 2.03. The van der Waals surface area contributed by atoms with Gasteiger partial charge in [0.25, 0.3) is 5.91 Å². The molecule has 92 valence electrons. The summed E-state index contributed by atoms with van der Waals surface area (Å²) >= 11 is 0. The molecule has 17 heavy (non-hydrogen) atoms. The highest BCUT2D eigenvalue weighted by Crippen LogP contribution is 2.13. The fourth-order valence-corrected chi connectivity index (χ4v) is 1.33. The summed E-state index contributed by atoms with van der Waals surface area (Å²) in [5.74, 6) is -0.140. The number of hydrogen-bond acceptors (Lipinski definition) is 2. The zero-order chi connectivity index (χ0) is 12.7. The molecule has 4 N–H and O–H groups in total. The van der Waals surface area contributed by atoms with Crippen LogP contribution in [-0.4, -0.2) is 24.9 Å². The molecule has 0 bridgehead atoms. The maximum Gasteiger partial charge on any atom is 0.279 e. The van der Waals surface area contributed by atoms with Crippen molar-refractivity contribution in [3.05, 3.63) is 24.3 Å². The van der Waals surface area contributed by atoms with Crippen molar-refractivity contribution in [2.45, 2.75) is 13.8 Å². The molecule has 0 spiro atoms. The van der Waals surface area contributed by atoms with Crippen LogP contribution in [0.15, 0.2) is 24.3 Å². The van der Waals surface area contributed by atoms with Gasteiger partial charge in [0.2, 0.25) is 5.91 Å². The lowest BCUT2D eigenvalue weighted by Crippen LogP contribution is -2.85. The van der Waals surface area contributed by atoms with E-state index in [0.717, 1.165) is 17.9 Å². The number of likely N-dealkylation sites (N-methyl/N-ethyl adjacent to an activating group) is 1. The molecule has 0 aromatic heterocycles. The summed E-state index contributed by atoms with van der Waals surface area (Å²) in [6.07, 6.45) is 0. The van der Waals surface area contributed by atoms with Gasteiger partial charge < -0.3 is 16.0 Å². The minimum atomic E-state index is -0.112. The predicted molar refractivity (Wildman–Crippen MR) is 66.7 cm³/mol. The molecule has 2 amide bonds. The standard InChI is InChI=1S/C12H17N3O2/c1-3-13-8-12(17)15-11-6-4-10(5-7-11)14-9(2)16/h4-7,13H,3,8H2,1-2H3,(H,14,16)(H,15,17)/p+1. The Balaban J connectivity index is 2.50. The van der Waals surface area contributed by atoms with Crippen molar-refractivity contribution in [1.82, 2.24) is 0 Å². The number of carbonyl (C=O) groups excluding carboxylic acids is 2. The first kappa shape index (κ1) is 13.2. The number of benzene rings is 1. The number of carbonyl (C=O) groups is 2. The fraction of sp³-hybridized carbons (Fsp3) is 0.333. The summed E-state index contributed by atoms with van der Waals surface area (Å²) < 4.78 is 0. The van der Waals surface area contributed by atoms with Crippen molar-refractivity contribution < 1.29 is 14.9 Å². The average Bonchev–Trinajstić information content (AvgIpc) is 2.28. The van der Waals surface area contributed by atoms with Gasteiger partial charge in [-0.05, 0) is 31.2 Å². The maximum absolute atomic E-state index is 11.4. The van der Waals surface area contributed by atoms with Crippen molar-refractivity contribution in [2.75, 3.05) is 23.7 Å². The van der Waals surface area contributed by atoms with Crippen LogP contribution in [0, 0.1) is 0 Å². The molecule has 0 atom stereocenters. The molecular weight excluding hydrogens is 218 g/mol. The van der Waals surface area contributed by atoms with E-state index in [2.05, 4.69) is 10.6 Å². The van der Waals surface area contributed by atoms with Crippen LogP contribution in [0.25, 0.3) is 0 Å². The molecule has 0 aliphatic rings. The Morgan fingerprint density at radius 2 is 1.65 bits per heavy atom. The smallest absolute Gasteiger partial charge is 0.279 e. The van der Waals surface area contributed by atoms with Crippen molar-refractivity contribution in [3.8, 4) is 0 Å². The van der Waals surface area contributed by atoms with E-state index in [9.17, 15) is 9.59 Å². The number of nitrogens with two attached hydrogens (primary N) is 1. The summed E-state index contributed by atoms with van der Waals surface area (Å²) in [6.45, 7) is 4.75. The lowest BCUT2D eigenvalue weighted by atomic mass is 10.2. The van der Waals surface area contributed by atoms with Crippen LogP contribution in [0.5, 0.6) is 0 Å². The van der Waals surface area contributed by atoms with Gasteiger partial charge >= 0.3 is 0 Å². The second-order valence-electron chi connectivity index (χ2n) is 3.71. The third-order valence-corrected chi connectivity index (χ3v) is 2.11. The van der Waals surface area contributed by atoms with Crippen LogP contribution < -0.4 is 16.0 Å². The normalized spacial score (nSPS) is 9.76. The van der Waals surface area contributed by atoms with Crippen LogP contribution in [0.1, 0.15) is 13.8 Å². The molecule has 0 radical (unpaired) electrons. The van der Waals surface area contributed by atoms with E-state index in [1.54, 1.807) is 24.3 Å². The van der Waals surface area contributed by atoms with Gasteiger partial charge in [0.1, 0.15) is 0 Å². The van der Waals surface area contributed by atoms with E-state index in [0.29, 0.717) is 6.54 Å². The van der Waals surface area contributed by atoms with Crippen LogP contribution in [-0.2, 0) is 9.59 Å². The molecule has 0 aliphatic carbocycles. The first-order chi connectivity index (χ1) is 8.11. The van der Waals surface area contributed by atoms with Gasteiger partial charge in [-0.15, -0.1) is 0 Å². The Kier molecular flexibility index (Phi) is 5.16. The zero-order valence-corrected chi connectivity index (χ0v) is 10.1. The van der Waals surface area contributed by atoms with Gasteiger partial charge in [0.05, 0.1) is 6.54 Å². The minimum Gasteiger partial charge on any atom is -0.339 e. The summed E-state index contributed by atoms with van der Waals surface area (Å²) in [7, 11) is 0. The van der Waals surface area contributed by atoms with Gasteiger partial charge in [-0.2, -0.15) is 0 Å². The average molecular weight is 236 g/mol. The Labute approximate surface area is 101 Å². The van der Waals surface area contributed by atoms with Crippen molar-refractivity contribution >= 4 is 23.2 Å². The summed E-state index contributed by atoms with van der Waals surface area (Å²) in [4.78, 5) is 22.2. The summed E-state index contributed by atoms with van der Waals surface area (Å²) in [5.41, 5.74) is 1.45. The quantitative estimate of drug-likeness (QED) is 0.681. The molecule has 5 heteroatoms. The molecule has 0 saturated heterocycles. The first-order valence-electron chi connectivity index (χ1n) is 5.61. The van der Waals surface area contributed by atoms with Crippen LogP contribution >= 0.6 is 0 Å². The summed E-state index contributed by atoms with van der Waals surface area (Å²) in [5, 5.41) is 7.35. The van der Waals surface area contributed by atoms with E-state index in [1.165, 1.54) is 6.92 Å². The Morgan fingerprint density at radius 1 is 1.12 bits per heavy atom. The number of anilines is 2. The second-order valence-corrected chi connectivity index (χ2v) is 3.71. The SMILES string of the molecule is CC[NH2+]CC(=O)Nc1ccc(NC(C)=O)cc1. The van der Waals surface area contributed by atoms with Crippen molar-refractivity contribution in [3.63, 3.8) is 0 Å². The van der Waals surface area contributed by atoms with E-state index >= 15 is 0 Å². The molecular formula is C12H18N3O2+. The van der Waals surface area contributed by atoms with E-state index in [-0.39, 0.29) is 11.8 Å². The van der Waals surface area contributed by atoms with E-state index in [4.69, 9.17) is 0 Å². The number of amides is 2. The van der Waals surface area contributed by atoms with E-state index in [1.807, 2.05) is 12.2 Å². The number of hydrogen-bond donors (Lipinski definition) is 3.